The molecule has 1 saturated carbocycles. The lowest BCUT2D eigenvalue weighted by molar-refractivity contribution is 0.100. The van der Waals surface area contributed by atoms with Crippen LogP contribution in [0, 0.1) is 5.92 Å². The fourth-order valence-electron chi connectivity index (χ4n) is 5.30. The molecule has 21 heavy (non-hydrogen) atoms. The first-order valence-corrected chi connectivity index (χ1v) is 8.86. The van der Waals surface area contributed by atoms with Gasteiger partial charge in [0.1, 0.15) is 0 Å². The average Bonchev–Trinajstić information content (AvgIpc) is 2.95. The smallest absolute Gasteiger partial charge is 0.0456 e. The van der Waals surface area contributed by atoms with E-state index < -0.39 is 0 Å². The lowest BCUT2D eigenvalue weighted by Gasteiger charge is -2.44. The Hall–Kier alpha value is -0.860. The molecule has 1 heterocycles. The van der Waals surface area contributed by atoms with Crippen molar-refractivity contribution in [2.75, 3.05) is 6.54 Å². The number of nitrogens with zero attached hydrogens (tertiary/aromatic N) is 1. The SMILES string of the molecule is CC1CC(N2CCC3CCCCC32)C(N)c2ccccc21. The minimum Gasteiger partial charge on any atom is -0.323 e. The van der Waals surface area contributed by atoms with Crippen molar-refractivity contribution in [2.45, 2.75) is 69.5 Å². The van der Waals surface area contributed by atoms with Gasteiger partial charge in [0.25, 0.3) is 0 Å². The van der Waals surface area contributed by atoms with Gasteiger partial charge < -0.3 is 5.73 Å². The summed E-state index contributed by atoms with van der Waals surface area (Å²) in [5.41, 5.74) is 9.60. The van der Waals surface area contributed by atoms with Crippen LogP contribution in [0.3, 0.4) is 0 Å². The van der Waals surface area contributed by atoms with Gasteiger partial charge in [0, 0.05) is 18.1 Å². The Labute approximate surface area is 128 Å². The Kier molecular flexibility index (Phi) is 3.55. The second kappa shape index (κ2) is 5.40. The molecule has 5 atom stereocenters. The summed E-state index contributed by atoms with van der Waals surface area (Å²) in [4.78, 5) is 2.81. The first-order chi connectivity index (χ1) is 10.3. The van der Waals surface area contributed by atoms with E-state index in [1.54, 1.807) is 0 Å². The molecule has 2 nitrogen and oxygen atoms in total. The first kappa shape index (κ1) is 13.8. The molecule has 0 bridgehead atoms. The highest BCUT2D eigenvalue weighted by molar-refractivity contribution is 5.36. The van der Waals surface area contributed by atoms with Crippen molar-refractivity contribution >= 4 is 0 Å². The monoisotopic (exact) mass is 284 g/mol. The molecule has 5 unspecified atom stereocenters. The van der Waals surface area contributed by atoms with Crippen LogP contribution in [0.1, 0.15) is 68.5 Å². The summed E-state index contributed by atoms with van der Waals surface area (Å²) in [6.07, 6.45) is 8.38. The molecule has 2 fully saturated rings. The van der Waals surface area contributed by atoms with Gasteiger partial charge in [0.2, 0.25) is 0 Å². The zero-order valence-corrected chi connectivity index (χ0v) is 13.2. The van der Waals surface area contributed by atoms with E-state index in [1.165, 1.54) is 56.2 Å². The molecule has 114 valence electrons. The second-order valence-electron chi connectivity index (χ2n) is 7.50. The number of rotatable bonds is 1. The minimum absolute atomic E-state index is 0.207. The zero-order valence-electron chi connectivity index (χ0n) is 13.2. The van der Waals surface area contributed by atoms with Crippen LogP contribution in [-0.2, 0) is 0 Å². The van der Waals surface area contributed by atoms with Crippen LogP contribution >= 0.6 is 0 Å². The summed E-state index contributed by atoms with van der Waals surface area (Å²) >= 11 is 0. The predicted octanol–water partition coefficient (Wildman–Crippen LogP) is 3.83. The molecule has 1 aliphatic heterocycles. The summed E-state index contributed by atoms with van der Waals surface area (Å²) in [6.45, 7) is 3.66. The van der Waals surface area contributed by atoms with Crippen molar-refractivity contribution < 1.29 is 0 Å². The number of nitrogens with two attached hydrogens (primary N) is 1. The lowest BCUT2D eigenvalue weighted by atomic mass is 9.77. The standard InChI is InChI=1S/C19H28N2/c1-13-12-18(19(20)16-8-4-3-7-15(13)16)21-11-10-14-6-2-5-9-17(14)21/h3-4,7-8,13-14,17-19H,2,5-6,9-12,20H2,1H3. The number of hydrogen-bond acceptors (Lipinski definition) is 2. The minimum atomic E-state index is 0.207. The Morgan fingerprint density at radius 2 is 1.76 bits per heavy atom. The quantitative estimate of drug-likeness (QED) is 0.849. The normalized spacial score (nSPS) is 39.8. The number of fused-ring (bicyclic) bond motifs is 2. The summed E-state index contributed by atoms with van der Waals surface area (Å²) in [7, 11) is 0. The molecule has 2 heteroatoms. The number of likely N-dealkylation sites (tertiary alicyclic amines) is 1. The van der Waals surface area contributed by atoms with Crippen molar-refractivity contribution in [3.63, 3.8) is 0 Å². The van der Waals surface area contributed by atoms with E-state index in [4.69, 9.17) is 5.73 Å². The third-order valence-corrected chi connectivity index (χ3v) is 6.37. The van der Waals surface area contributed by atoms with Crippen LogP contribution in [0.4, 0.5) is 0 Å². The van der Waals surface area contributed by atoms with E-state index in [2.05, 4.69) is 36.1 Å². The second-order valence-corrected chi connectivity index (χ2v) is 7.50. The molecule has 1 aromatic rings. The van der Waals surface area contributed by atoms with Crippen LogP contribution < -0.4 is 5.73 Å². The Morgan fingerprint density at radius 1 is 1.00 bits per heavy atom. The fraction of sp³-hybridized carbons (Fsp3) is 0.684. The third-order valence-electron chi connectivity index (χ3n) is 6.37. The highest BCUT2D eigenvalue weighted by atomic mass is 15.2. The van der Waals surface area contributed by atoms with Crippen LogP contribution in [0.5, 0.6) is 0 Å². The summed E-state index contributed by atoms with van der Waals surface area (Å²) in [5, 5.41) is 0. The molecule has 0 amide bonds. The summed E-state index contributed by atoms with van der Waals surface area (Å²) in [6, 6.07) is 10.4. The maximum atomic E-state index is 6.71. The van der Waals surface area contributed by atoms with Gasteiger partial charge >= 0.3 is 0 Å². The van der Waals surface area contributed by atoms with Crippen LogP contribution in [0.25, 0.3) is 0 Å². The zero-order chi connectivity index (χ0) is 14.4. The van der Waals surface area contributed by atoms with Gasteiger partial charge in [-0.2, -0.15) is 0 Å². The van der Waals surface area contributed by atoms with Gasteiger partial charge in [-0.1, -0.05) is 44.0 Å². The van der Waals surface area contributed by atoms with Crippen molar-refractivity contribution in [1.29, 1.82) is 0 Å². The fourth-order valence-corrected chi connectivity index (χ4v) is 5.30. The molecule has 1 aromatic carbocycles. The van der Waals surface area contributed by atoms with Crippen LogP contribution in [0.2, 0.25) is 0 Å². The first-order valence-electron chi connectivity index (χ1n) is 8.86. The van der Waals surface area contributed by atoms with E-state index in [0.29, 0.717) is 12.0 Å². The number of hydrogen-bond donors (Lipinski definition) is 1. The van der Waals surface area contributed by atoms with Gasteiger partial charge in [0.15, 0.2) is 0 Å². The van der Waals surface area contributed by atoms with E-state index in [1.807, 2.05) is 0 Å². The van der Waals surface area contributed by atoms with Gasteiger partial charge in [-0.25, -0.2) is 0 Å². The topological polar surface area (TPSA) is 29.3 Å². The Morgan fingerprint density at radius 3 is 2.62 bits per heavy atom. The molecule has 0 spiro atoms. The summed E-state index contributed by atoms with van der Waals surface area (Å²) in [5.74, 6) is 1.60. The summed E-state index contributed by atoms with van der Waals surface area (Å²) < 4.78 is 0. The molecular weight excluding hydrogens is 256 g/mol. The maximum Gasteiger partial charge on any atom is 0.0456 e. The molecule has 3 aliphatic rings. The van der Waals surface area contributed by atoms with Crippen molar-refractivity contribution in [2.24, 2.45) is 11.7 Å². The van der Waals surface area contributed by atoms with E-state index >= 15 is 0 Å². The average molecular weight is 284 g/mol. The van der Waals surface area contributed by atoms with Crippen molar-refractivity contribution in [3.8, 4) is 0 Å². The van der Waals surface area contributed by atoms with Gasteiger partial charge in [-0.3, -0.25) is 4.90 Å². The molecule has 2 aliphatic carbocycles. The van der Waals surface area contributed by atoms with Crippen LogP contribution in [-0.4, -0.2) is 23.5 Å². The predicted molar refractivity (Wildman–Crippen MR) is 87.3 cm³/mol. The molecule has 2 N–H and O–H groups in total. The van der Waals surface area contributed by atoms with Gasteiger partial charge in [-0.15, -0.1) is 0 Å². The van der Waals surface area contributed by atoms with Gasteiger partial charge in [-0.05, 0) is 55.2 Å². The largest absolute Gasteiger partial charge is 0.323 e. The Balaban J connectivity index is 1.62. The molecule has 4 rings (SSSR count). The molecule has 0 aromatic heterocycles. The molecular formula is C19H28N2. The van der Waals surface area contributed by atoms with Crippen LogP contribution in [0.15, 0.2) is 24.3 Å². The maximum absolute atomic E-state index is 6.71. The lowest BCUT2D eigenvalue weighted by Crippen LogP contribution is -2.49. The molecule has 0 radical (unpaired) electrons. The van der Waals surface area contributed by atoms with E-state index in [0.717, 1.165) is 12.0 Å². The Bertz CT molecular complexity index is 512. The van der Waals surface area contributed by atoms with Crippen molar-refractivity contribution in [1.82, 2.24) is 4.90 Å². The van der Waals surface area contributed by atoms with E-state index in [9.17, 15) is 0 Å². The van der Waals surface area contributed by atoms with Crippen molar-refractivity contribution in [3.05, 3.63) is 35.4 Å². The highest BCUT2D eigenvalue weighted by Gasteiger charge is 2.43. The van der Waals surface area contributed by atoms with E-state index in [-0.39, 0.29) is 6.04 Å². The number of benzene rings is 1. The van der Waals surface area contributed by atoms with Gasteiger partial charge in [0.05, 0.1) is 0 Å². The highest BCUT2D eigenvalue weighted by Crippen LogP contribution is 2.44. The molecule has 1 saturated heterocycles. The third kappa shape index (κ3) is 2.24.